The van der Waals surface area contributed by atoms with Crippen LogP contribution in [0.2, 0.25) is 0 Å². The third kappa shape index (κ3) is 5.46. The number of hydrogen-bond acceptors (Lipinski definition) is 6. The summed E-state index contributed by atoms with van der Waals surface area (Å²) < 4.78 is 26.7. The Kier molecular flexibility index (Phi) is 6.22. The summed E-state index contributed by atoms with van der Waals surface area (Å²) in [5, 5.41) is 0. The lowest BCUT2D eigenvalue weighted by molar-refractivity contribution is 0.0599. The summed E-state index contributed by atoms with van der Waals surface area (Å²) in [6, 6.07) is 5.43. The summed E-state index contributed by atoms with van der Waals surface area (Å²) in [6.07, 6.45) is 1.20. The van der Waals surface area contributed by atoms with Gasteiger partial charge in [-0.3, -0.25) is 0 Å². The molecule has 1 rings (SSSR count). The fourth-order valence-electron chi connectivity index (χ4n) is 1.44. The molecular formula is C12H16O4S3. The minimum Gasteiger partial charge on any atom is -0.465 e. The van der Waals surface area contributed by atoms with E-state index in [1.807, 2.05) is 13.0 Å². The highest BCUT2D eigenvalue weighted by atomic mass is 33.1. The molecule has 19 heavy (non-hydrogen) atoms. The van der Waals surface area contributed by atoms with Crippen LogP contribution in [0, 0.1) is 6.92 Å². The lowest BCUT2D eigenvalue weighted by Gasteiger charge is -2.09. The quantitative estimate of drug-likeness (QED) is 0.347. The molecular weight excluding hydrogens is 304 g/mol. The number of esters is 1. The Bertz CT molecular complexity index is 552. The van der Waals surface area contributed by atoms with E-state index in [-0.39, 0.29) is 5.97 Å². The number of ether oxygens (including phenoxy) is 1. The Morgan fingerprint density at radius 3 is 2.58 bits per heavy atom. The van der Waals surface area contributed by atoms with Crippen LogP contribution in [0.1, 0.15) is 15.9 Å². The summed E-state index contributed by atoms with van der Waals surface area (Å²) in [4.78, 5) is 12.5. The predicted octanol–water partition coefficient (Wildman–Crippen LogP) is 2.57. The van der Waals surface area contributed by atoms with E-state index in [0.717, 1.165) is 21.3 Å². The van der Waals surface area contributed by atoms with Crippen molar-refractivity contribution >= 4 is 37.4 Å². The van der Waals surface area contributed by atoms with Crippen molar-refractivity contribution in [3.63, 3.8) is 0 Å². The average molecular weight is 320 g/mol. The molecule has 0 unspecified atom stereocenters. The van der Waals surface area contributed by atoms with Crippen LogP contribution in [0.4, 0.5) is 0 Å². The zero-order chi connectivity index (χ0) is 14.5. The molecule has 0 heterocycles. The Labute approximate surface area is 121 Å². The Morgan fingerprint density at radius 1 is 1.32 bits per heavy atom. The van der Waals surface area contributed by atoms with Crippen LogP contribution < -0.4 is 0 Å². The lowest BCUT2D eigenvalue weighted by Crippen LogP contribution is -2.04. The van der Waals surface area contributed by atoms with E-state index in [0.29, 0.717) is 17.1 Å². The zero-order valence-electron chi connectivity index (χ0n) is 11.0. The molecule has 0 aliphatic carbocycles. The van der Waals surface area contributed by atoms with Crippen molar-refractivity contribution in [2.75, 3.05) is 24.9 Å². The second-order valence-electron chi connectivity index (χ2n) is 3.79. The van der Waals surface area contributed by atoms with Gasteiger partial charge >= 0.3 is 5.97 Å². The van der Waals surface area contributed by atoms with E-state index in [4.69, 9.17) is 4.74 Å². The molecule has 106 valence electrons. The van der Waals surface area contributed by atoms with Gasteiger partial charge in [0.2, 0.25) is 0 Å². The third-order valence-corrected chi connectivity index (χ3v) is 6.33. The summed E-state index contributed by atoms with van der Waals surface area (Å²) in [6.45, 7) is 1.86. The molecule has 0 N–H and O–H groups in total. The van der Waals surface area contributed by atoms with Gasteiger partial charge in [-0.2, -0.15) is 0 Å². The van der Waals surface area contributed by atoms with Crippen molar-refractivity contribution < 1.29 is 17.9 Å². The van der Waals surface area contributed by atoms with E-state index in [1.54, 1.807) is 12.1 Å². The maximum atomic E-state index is 11.5. The van der Waals surface area contributed by atoms with Gasteiger partial charge in [0.25, 0.3) is 0 Å². The molecule has 4 nitrogen and oxygen atoms in total. The van der Waals surface area contributed by atoms with Gasteiger partial charge in [-0.15, -0.1) is 11.8 Å². The number of hydrogen-bond donors (Lipinski definition) is 0. The largest absolute Gasteiger partial charge is 0.465 e. The number of carbonyl (C=O) groups is 1. The Balaban J connectivity index is 2.67. The van der Waals surface area contributed by atoms with E-state index in [9.17, 15) is 13.2 Å². The van der Waals surface area contributed by atoms with Crippen LogP contribution in [-0.4, -0.2) is 39.3 Å². The first kappa shape index (κ1) is 16.4. The number of rotatable bonds is 6. The van der Waals surface area contributed by atoms with Crippen molar-refractivity contribution in [2.24, 2.45) is 0 Å². The molecule has 0 fully saturated rings. The molecule has 0 spiro atoms. The molecule has 7 heteroatoms. The maximum Gasteiger partial charge on any atom is 0.338 e. The van der Waals surface area contributed by atoms with Crippen LogP contribution in [0.3, 0.4) is 0 Å². The summed E-state index contributed by atoms with van der Waals surface area (Å²) in [7, 11) is -0.700. The van der Waals surface area contributed by atoms with Crippen LogP contribution in [0.5, 0.6) is 0 Å². The molecule has 0 radical (unpaired) electrons. The Hall–Kier alpha value is -0.660. The fourth-order valence-corrected chi connectivity index (χ4v) is 4.59. The van der Waals surface area contributed by atoms with Crippen molar-refractivity contribution in [3.05, 3.63) is 29.3 Å². The van der Waals surface area contributed by atoms with Gasteiger partial charge in [0.15, 0.2) is 8.87 Å². The van der Waals surface area contributed by atoms with Gasteiger partial charge in [0, 0.05) is 22.7 Å². The number of methoxy groups -OCH3 is 1. The van der Waals surface area contributed by atoms with Crippen molar-refractivity contribution in [3.8, 4) is 0 Å². The number of carbonyl (C=O) groups excluding carboxylic acids is 1. The molecule has 0 saturated carbocycles. The standard InChI is InChI=1S/C12H16O4S3/c1-9-10(12(13)16-2)5-4-6-11(9)17-7-8-18-19(3,14)15/h4-6H,7-8H2,1-3H3. The van der Waals surface area contributed by atoms with Crippen LogP contribution in [0.25, 0.3) is 0 Å². The molecule has 0 atom stereocenters. The maximum absolute atomic E-state index is 11.5. The zero-order valence-corrected chi connectivity index (χ0v) is 13.5. The highest BCUT2D eigenvalue weighted by Crippen LogP contribution is 2.26. The van der Waals surface area contributed by atoms with Gasteiger partial charge in [0.1, 0.15) is 0 Å². The minimum atomic E-state index is -2.99. The van der Waals surface area contributed by atoms with E-state index in [2.05, 4.69) is 0 Å². The Morgan fingerprint density at radius 2 is 2.00 bits per heavy atom. The summed E-state index contributed by atoms with van der Waals surface area (Å²) in [5.74, 6) is 0.833. The van der Waals surface area contributed by atoms with E-state index in [1.165, 1.54) is 25.1 Å². The first-order chi connectivity index (χ1) is 8.85. The van der Waals surface area contributed by atoms with Gasteiger partial charge in [-0.1, -0.05) is 6.07 Å². The van der Waals surface area contributed by atoms with Crippen LogP contribution >= 0.6 is 22.6 Å². The molecule has 0 bridgehead atoms. The van der Waals surface area contributed by atoms with E-state index < -0.39 is 8.87 Å². The highest BCUT2D eigenvalue weighted by Gasteiger charge is 2.12. The van der Waals surface area contributed by atoms with Gasteiger partial charge in [0.05, 0.1) is 12.7 Å². The van der Waals surface area contributed by atoms with Crippen molar-refractivity contribution in [1.82, 2.24) is 0 Å². The SMILES string of the molecule is COC(=O)c1cccc(SCCSS(C)(=O)=O)c1C. The molecule has 1 aromatic rings. The average Bonchev–Trinajstić information content (AvgIpc) is 2.34. The number of benzene rings is 1. The topological polar surface area (TPSA) is 60.4 Å². The molecule has 0 aliphatic heterocycles. The van der Waals surface area contributed by atoms with E-state index >= 15 is 0 Å². The molecule has 0 amide bonds. The lowest BCUT2D eigenvalue weighted by atomic mass is 10.1. The van der Waals surface area contributed by atoms with Gasteiger partial charge in [-0.05, 0) is 35.4 Å². The molecule has 0 aliphatic rings. The molecule has 1 aromatic carbocycles. The predicted molar refractivity (Wildman–Crippen MR) is 80.5 cm³/mol. The second kappa shape index (κ2) is 7.21. The van der Waals surface area contributed by atoms with Gasteiger partial charge in [-0.25, -0.2) is 13.2 Å². The number of thioether (sulfide) groups is 1. The van der Waals surface area contributed by atoms with Crippen LogP contribution in [-0.2, 0) is 13.6 Å². The normalized spacial score (nSPS) is 11.3. The minimum absolute atomic E-state index is 0.356. The first-order valence-electron chi connectivity index (χ1n) is 5.50. The molecule has 0 saturated heterocycles. The smallest absolute Gasteiger partial charge is 0.338 e. The van der Waals surface area contributed by atoms with Gasteiger partial charge < -0.3 is 4.74 Å². The first-order valence-corrected chi connectivity index (χ1v) is 9.88. The highest BCUT2D eigenvalue weighted by molar-refractivity contribution is 8.71. The second-order valence-corrected chi connectivity index (χ2v) is 9.51. The third-order valence-electron chi connectivity index (χ3n) is 2.33. The fraction of sp³-hybridized carbons (Fsp3) is 0.417. The molecule has 0 aromatic heterocycles. The monoisotopic (exact) mass is 320 g/mol. The summed E-state index contributed by atoms with van der Waals surface area (Å²) in [5.41, 5.74) is 1.41. The summed E-state index contributed by atoms with van der Waals surface area (Å²) >= 11 is 1.54. The van der Waals surface area contributed by atoms with Crippen molar-refractivity contribution in [1.29, 1.82) is 0 Å². The van der Waals surface area contributed by atoms with Crippen LogP contribution in [0.15, 0.2) is 23.1 Å². The van der Waals surface area contributed by atoms with Crippen molar-refractivity contribution in [2.45, 2.75) is 11.8 Å².